The van der Waals surface area contributed by atoms with Gasteiger partial charge in [0, 0.05) is 16.8 Å². The fourth-order valence-electron chi connectivity index (χ4n) is 2.09. The molecule has 8 heteroatoms. The van der Waals surface area contributed by atoms with Crippen LogP contribution in [0, 0.1) is 11.1 Å². The molecule has 1 aromatic heterocycles. The second-order valence-electron chi connectivity index (χ2n) is 5.31. The monoisotopic (exact) mass is 307 g/mol. The van der Waals surface area contributed by atoms with E-state index >= 15 is 0 Å². The highest BCUT2D eigenvalue weighted by Gasteiger charge is 2.24. The van der Waals surface area contributed by atoms with Crippen molar-refractivity contribution in [2.24, 2.45) is 5.92 Å². The molecule has 2 aromatic rings. The summed E-state index contributed by atoms with van der Waals surface area (Å²) in [6, 6.07) is 3.60. The topological polar surface area (TPSA) is 108 Å². The van der Waals surface area contributed by atoms with E-state index in [9.17, 15) is 14.8 Å². The zero-order valence-electron chi connectivity index (χ0n) is 12.5. The molecule has 1 N–H and O–H groups in total. The lowest BCUT2D eigenvalue weighted by Gasteiger charge is -2.18. The molecule has 0 bridgehead atoms. The number of ether oxygens (including phenoxy) is 1. The van der Waals surface area contributed by atoms with E-state index in [1.165, 1.54) is 25.3 Å². The molecular weight excluding hydrogens is 290 g/mol. The maximum atomic E-state index is 12.2. The molecule has 0 fully saturated rings. The van der Waals surface area contributed by atoms with Gasteiger partial charge < -0.3 is 15.3 Å². The molecule has 0 unspecified atom stereocenters. The summed E-state index contributed by atoms with van der Waals surface area (Å²) in [5.74, 6) is -0.734. The predicted octanol–water partition coefficient (Wildman–Crippen LogP) is 0.779. The van der Waals surface area contributed by atoms with Crippen molar-refractivity contribution >= 4 is 22.9 Å². The van der Waals surface area contributed by atoms with E-state index in [0.717, 1.165) is 0 Å². The molecule has 0 spiro atoms. The van der Waals surface area contributed by atoms with E-state index in [-0.39, 0.29) is 27.4 Å². The van der Waals surface area contributed by atoms with Gasteiger partial charge in [0.25, 0.3) is 5.91 Å². The van der Waals surface area contributed by atoms with Crippen LogP contribution in [0.25, 0.3) is 11.0 Å². The number of amides is 1. The number of fused-ring (bicyclic) bond motifs is 1. The SMILES string of the molecule is COC(=O)[C@H](CC(C)C)NC(=O)c1ccc2c(c1)no[n+]2[O-]. The molecule has 22 heavy (non-hydrogen) atoms. The van der Waals surface area contributed by atoms with Crippen LogP contribution in [0.3, 0.4) is 0 Å². The fourth-order valence-corrected chi connectivity index (χ4v) is 2.09. The van der Waals surface area contributed by atoms with Crippen LogP contribution < -0.4 is 10.2 Å². The van der Waals surface area contributed by atoms with Crippen LogP contribution in [0.4, 0.5) is 0 Å². The Hall–Kier alpha value is -2.64. The average molecular weight is 307 g/mol. The first-order valence-corrected chi connectivity index (χ1v) is 6.80. The standard InChI is InChI=1S/C14H17N3O5/c1-8(2)6-11(14(19)21-3)15-13(18)9-4-5-12-10(7-9)16-22-17(12)20/h4-5,7-8,11H,6H2,1-3H3,(H,15,18)/t11-/m0/s1. The smallest absolute Gasteiger partial charge is 0.328 e. The molecule has 0 aliphatic rings. The van der Waals surface area contributed by atoms with Gasteiger partial charge >= 0.3 is 5.97 Å². The van der Waals surface area contributed by atoms with Crippen molar-refractivity contribution in [2.75, 3.05) is 7.11 Å². The maximum Gasteiger partial charge on any atom is 0.328 e. The largest absolute Gasteiger partial charge is 0.467 e. The van der Waals surface area contributed by atoms with Crippen LogP contribution >= 0.6 is 0 Å². The maximum absolute atomic E-state index is 12.2. The number of nitrogens with zero attached hydrogens (tertiary/aromatic N) is 2. The Morgan fingerprint density at radius 1 is 1.45 bits per heavy atom. The zero-order chi connectivity index (χ0) is 16.3. The lowest BCUT2D eigenvalue weighted by Crippen LogP contribution is -2.42. The second kappa shape index (κ2) is 6.42. The van der Waals surface area contributed by atoms with Crippen LogP contribution in [-0.2, 0) is 9.53 Å². The molecule has 0 saturated heterocycles. The molecule has 0 saturated carbocycles. The van der Waals surface area contributed by atoms with Gasteiger partial charge in [-0.1, -0.05) is 13.8 Å². The third kappa shape index (κ3) is 3.33. The van der Waals surface area contributed by atoms with E-state index in [1.54, 1.807) is 0 Å². The van der Waals surface area contributed by atoms with Crippen molar-refractivity contribution < 1.29 is 23.9 Å². The lowest BCUT2D eigenvalue weighted by atomic mass is 10.0. The number of rotatable bonds is 5. The molecule has 0 radical (unpaired) electrons. The van der Waals surface area contributed by atoms with E-state index in [2.05, 4.69) is 15.1 Å². The minimum absolute atomic E-state index is 0.210. The summed E-state index contributed by atoms with van der Waals surface area (Å²) in [7, 11) is 1.27. The van der Waals surface area contributed by atoms with Gasteiger partial charge in [0.05, 0.1) is 7.11 Å². The molecule has 2 rings (SSSR count). The van der Waals surface area contributed by atoms with Gasteiger partial charge in [-0.25, -0.2) is 4.79 Å². The van der Waals surface area contributed by atoms with Crippen LogP contribution in [0.1, 0.15) is 30.6 Å². The first kappa shape index (κ1) is 15.7. The Labute approximate surface area is 126 Å². The molecule has 1 heterocycles. The number of benzene rings is 1. The van der Waals surface area contributed by atoms with Crippen molar-refractivity contribution in [1.82, 2.24) is 10.5 Å². The molecule has 1 atom stereocenters. The van der Waals surface area contributed by atoms with Crippen LogP contribution in [0.2, 0.25) is 0 Å². The lowest BCUT2D eigenvalue weighted by molar-refractivity contribution is -0.782. The summed E-state index contributed by atoms with van der Waals surface area (Å²) in [6.45, 7) is 3.88. The minimum atomic E-state index is -0.727. The van der Waals surface area contributed by atoms with Gasteiger partial charge in [-0.2, -0.15) is 0 Å². The summed E-state index contributed by atoms with van der Waals surface area (Å²) in [5.41, 5.74) is 0.767. The highest BCUT2D eigenvalue weighted by molar-refractivity contribution is 5.98. The number of hydrogen-bond donors (Lipinski definition) is 1. The van der Waals surface area contributed by atoms with E-state index in [4.69, 9.17) is 4.74 Å². The quantitative estimate of drug-likeness (QED) is 0.646. The summed E-state index contributed by atoms with van der Waals surface area (Å²) >= 11 is 0. The average Bonchev–Trinajstić information content (AvgIpc) is 2.86. The summed E-state index contributed by atoms with van der Waals surface area (Å²) in [5, 5.41) is 17.4. The van der Waals surface area contributed by atoms with Gasteiger partial charge in [0.1, 0.15) is 6.04 Å². The predicted molar refractivity (Wildman–Crippen MR) is 75.7 cm³/mol. The van der Waals surface area contributed by atoms with Crippen molar-refractivity contribution in [3.63, 3.8) is 0 Å². The normalized spacial score (nSPS) is 12.4. The molecular formula is C14H17N3O5. The second-order valence-corrected chi connectivity index (χ2v) is 5.31. The number of methoxy groups -OCH3 is 1. The third-order valence-corrected chi connectivity index (χ3v) is 3.15. The molecule has 8 nitrogen and oxygen atoms in total. The fraction of sp³-hybridized carbons (Fsp3) is 0.429. The van der Waals surface area contributed by atoms with Crippen LogP contribution in [-0.4, -0.2) is 30.2 Å². The van der Waals surface area contributed by atoms with Gasteiger partial charge in [0.2, 0.25) is 11.0 Å². The van der Waals surface area contributed by atoms with Gasteiger partial charge in [-0.15, -0.1) is 0 Å². The highest BCUT2D eigenvalue weighted by Crippen LogP contribution is 2.12. The third-order valence-electron chi connectivity index (χ3n) is 3.15. The van der Waals surface area contributed by atoms with Gasteiger partial charge in [0.15, 0.2) is 0 Å². The molecule has 118 valence electrons. The van der Waals surface area contributed by atoms with E-state index in [0.29, 0.717) is 6.42 Å². The van der Waals surface area contributed by atoms with Gasteiger partial charge in [-0.05, 0) is 29.4 Å². The minimum Gasteiger partial charge on any atom is -0.467 e. The Morgan fingerprint density at radius 2 is 2.18 bits per heavy atom. The number of carbonyl (C=O) groups excluding carboxylic acids is 2. The number of hydrogen-bond acceptors (Lipinski definition) is 6. The van der Waals surface area contributed by atoms with Crippen molar-refractivity contribution in [3.8, 4) is 0 Å². The first-order valence-electron chi connectivity index (χ1n) is 6.80. The summed E-state index contributed by atoms with van der Waals surface area (Å²) < 4.78 is 9.14. The van der Waals surface area contributed by atoms with Crippen molar-refractivity contribution in [1.29, 1.82) is 0 Å². The van der Waals surface area contributed by atoms with Crippen molar-refractivity contribution in [2.45, 2.75) is 26.3 Å². The number of carbonyl (C=O) groups is 2. The number of esters is 1. The molecule has 1 aromatic carbocycles. The highest BCUT2D eigenvalue weighted by atomic mass is 16.8. The van der Waals surface area contributed by atoms with E-state index < -0.39 is 17.9 Å². The van der Waals surface area contributed by atoms with Crippen molar-refractivity contribution in [3.05, 3.63) is 29.0 Å². The molecule has 1 amide bonds. The molecule has 0 aliphatic carbocycles. The Balaban J connectivity index is 2.18. The Kier molecular flexibility index (Phi) is 4.59. The van der Waals surface area contributed by atoms with E-state index in [1.807, 2.05) is 13.8 Å². The summed E-state index contributed by atoms with van der Waals surface area (Å²) in [4.78, 5) is 24.2. The van der Waals surface area contributed by atoms with Gasteiger partial charge in [-0.3, -0.25) is 9.42 Å². The Morgan fingerprint density at radius 3 is 2.82 bits per heavy atom. The first-order chi connectivity index (χ1) is 10.4. The van der Waals surface area contributed by atoms with Crippen LogP contribution in [0.5, 0.6) is 0 Å². The number of aromatic nitrogens is 2. The Bertz CT molecular complexity index is 695. The molecule has 0 aliphatic heterocycles. The van der Waals surface area contributed by atoms with Crippen LogP contribution in [0.15, 0.2) is 22.8 Å². The zero-order valence-corrected chi connectivity index (χ0v) is 12.5. The number of nitrogens with one attached hydrogen (secondary N) is 1. The summed E-state index contributed by atoms with van der Waals surface area (Å²) in [6.07, 6.45) is 0.463.